The van der Waals surface area contributed by atoms with Crippen molar-refractivity contribution in [1.29, 1.82) is 0 Å². The number of nitrogens with one attached hydrogen (secondary N) is 2. The van der Waals surface area contributed by atoms with Gasteiger partial charge in [0.25, 0.3) is 6.43 Å². The number of hydrogen-bond donors (Lipinski definition) is 2. The molecule has 0 saturated carbocycles. The molecule has 0 amide bonds. The predicted molar refractivity (Wildman–Crippen MR) is 120 cm³/mol. The molecule has 3 aromatic heterocycles. The van der Waals surface area contributed by atoms with Gasteiger partial charge >= 0.3 is 0 Å². The van der Waals surface area contributed by atoms with Crippen molar-refractivity contribution in [3.8, 4) is 5.95 Å². The van der Waals surface area contributed by atoms with Gasteiger partial charge in [0.1, 0.15) is 5.82 Å². The highest BCUT2D eigenvalue weighted by Gasteiger charge is 2.24. The molecule has 33 heavy (non-hydrogen) atoms. The summed E-state index contributed by atoms with van der Waals surface area (Å²) >= 11 is 0. The Hall–Kier alpha value is -3.93. The van der Waals surface area contributed by atoms with Gasteiger partial charge in [-0.05, 0) is 24.3 Å². The summed E-state index contributed by atoms with van der Waals surface area (Å²) in [6.07, 6.45) is -1.18. The summed E-state index contributed by atoms with van der Waals surface area (Å²) in [6.45, 7) is 2.20. The highest BCUT2D eigenvalue weighted by Crippen LogP contribution is 2.28. The molecular formula is C21H21F2N9O. The number of rotatable bonds is 6. The first kappa shape index (κ1) is 20.9. The van der Waals surface area contributed by atoms with E-state index in [0.717, 1.165) is 0 Å². The van der Waals surface area contributed by atoms with Crippen molar-refractivity contribution in [1.82, 2.24) is 29.5 Å². The molecule has 1 aliphatic heterocycles. The van der Waals surface area contributed by atoms with E-state index in [-0.39, 0.29) is 11.9 Å². The van der Waals surface area contributed by atoms with Crippen LogP contribution in [0.3, 0.4) is 0 Å². The Balaban J connectivity index is 1.63. The number of imidazole rings is 1. The number of alkyl halides is 2. The number of ether oxygens (including phenoxy) is 1. The van der Waals surface area contributed by atoms with Crippen LogP contribution in [0.25, 0.3) is 17.0 Å². The number of pyridine rings is 1. The second-order valence-corrected chi connectivity index (χ2v) is 7.26. The first-order valence-corrected chi connectivity index (χ1v) is 10.4. The van der Waals surface area contributed by atoms with Crippen LogP contribution in [0.5, 0.6) is 0 Å². The zero-order valence-electron chi connectivity index (χ0n) is 17.7. The van der Waals surface area contributed by atoms with Gasteiger partial charge in [-0.15, -0.1) is 0 Å². The zero-order valence-corrected chi connectivity index (χ0v) is 17.7. The van der Waals surface area contributed by atoms with E-state index in [1.807, 2.05) is 11.0 Å². The van der Waals surface area contributed by atoms with Crippen molar-refractivity contribution >= 4 is 34.4 Å². The molecule has 2 N–H and O–H groups in total. The van der Waals surface area contributed by atoms with E-state index in [4.69, 9.17) is 4.74 Å². The average Bonchev–Trinajstić information content (AvgIpc) is 3.25. The van der Waals surface area contributed by atoms with E-state index in [9.17, 15) is 8.78 Å². The second-order valence-electron chi connectivity index (χ2n) is 7.26. The molecule has 0 aliphatic carbocycles. The fraction of sp³-hybridized carbons (Fsp3) is 0.286. The maximum atomic E-state index is 13.9. The number of aromatic nitrogens is 6. The van der Waals surface area contributed by atoms with Crippen LogP contribution < -0.4 is 15.5 Å². The van der Waals surface area contributed by atoms with E-state index >= 15 is 0 Å². The number of nitrogens with zero attached hydrogens (tertiary/aromatic N) is 7. The Morgan fingerprint density at radius 2 is 1.76 bits per heavy atom. The Morgan fingerprint density at radius 3 is 2.48 bits per heavy atom. The molecule has 1 aromatic carbocycles. The van der Waals surface area contributed by atoms with E-state index in [0.29, 0.717) is 54.8 Å². The number of fused-ring (bicyclic) bond motifs is 1. The zero-order chi connectivity index (χ0) is 22.8. The minimum atomic E-state index is -2.81. The van der Waals surface area contributed by atoms with Crippen LogP contribution in [0.1, 0.15) is 12.2 Å². The van der Waals surface area contributed by atoms with Crippen LogP contribution in [0.15, 0.2) is 42.6 Å². The molecule has 0 radical (unpaired) electrons. The molecule has 10 nitrogen and oxygen atoms in total. The van der Waals surface area contributed by atoms with E-state index < -0.39 is 12.2 Å². The summed E-state index contributed by atoms with van der Waals surface area (Å²) in [5.74, 6) is 0.901. The maximum Gasteiger partial charge on any atom is 0.296 e. The fourth-order valence-electron chi connectivity index (χ4n) is 3.56. The van der Waals surface area contributed by atoms with Gasteiger partial charge in [-0.3, -0.25) is 4.57 Å². The Labute approximate surface area is 187 Å². The standard InChI is InChI=1S/C21H21F2N9O/c1-24-16-7-6-13(12-25-16)26-19-28-20(31-8-10-33-11-9-31)30-21(29-19)32-15-5-3-2-4-14(15)27-18(32)17(22)23/h2-7,12,17H,8-11H2,1H3,(H,24,25)(H,26,28,29,30). The molecule has 0 spiro atoms. The minimum absolute atomic E-state index is 0.0535. The van der Waals surface area contributed by atoms with Crippen molar-refractivity contribution in [2.75, 3.05) is 48.9 Å². The number of para-hydroxylation sites is 2. The van der Waals surface area contributed by atoms with Crippen molar-refractivity contribution in [2.45, 2.75) is 6.43 Å². The van der Waals surface area contributed by atoms with Crippen LogP contribution in [-0.2, 0) is 4.74 Å². The van der Waals surface area contributed by atoms with Gasteiger partial charge < -0.3 is 20.3 Å². The van der Waals surface area contributed by atoms with E-state index in [1.54, 1.807) is 43.6 Å². The lowest BCUT2D eigenvalue weighted by atomic mass is 10.3. The summed E-state index contributed by atoms with van der Waals surface area (Å²) in [5, 5.41) is 6.05. The fourth-order valence-corrected chi connectivity index (χ4v) is 3.56. The van der Waals surface area contributed by atoms with Crippen molar-refractivity contribution in [3.63, 3.8) is 0 Å². The van der Waals surface area contributed by atoms with Crippen LogP contribution in [-0.4, -0.2) is 62.8 Å². The predicted octanol–water partition coefficient (Wildman–Crippen LogP) is 3.17. The third-order valence-corrected chi connectivity index (χ3v) is 5.16. The smallest absolute Gasteiger partial charge is 0.296 e. The van der Waals surface area contributed by atoms with Crippen molar-refractivity contribution in [2.24, 2.45) is 0 Å². The lowest BCUT2D eigenvalue weighted by molar-refractivity contribution is 0.122. The van der Waals surface area contributed by atoms with Gasteiger partial charge in [0, 0.05) is 20.1 Å². The highest BCUT2D eigenvalue weighted by atomic mass is 19.3. The minimum Gasteiger partial charge on any atom is -0.378 e. The number of halogens is 2. The monoisotopic (exact) mass is 453 g/mol. The molecule has 170 valence electrons. The molecule has 1 fully saturated rings. The molecule has 1 aliphatic rings. The Morgan fingerprint density at radius 1 is 0.970 bits per heavy atom. The van der Waals surface area contributed by atoms with Gasteiger partial charge in [-0.25, -0.2) is 18.7 Å². The molecule has 0 atom stereocenters. The summed E-state index contributed by atoms with van der Waals surface area (Å²) in [5.41, 5.74) is 1.56. The van der Waals surface area contributed by atoms with Gasteiger partial charge in [0.15, 0.2) is 5.82 Å². The van der Waals surface area contributed by atoms with Crippen molar-refractivity contribution < 1.29 is 13.5 Å². The molecule has 12 heteroatoms. The van der Waals surface area contributed by atoms with Crippen molar-refractivity contribution in [3.05, 3.63) is 48.4 Å². The quantitative estimate of drug-likeness (QED) is 0.455. The average molecular weight is 453 g/mol. The second kappa shape index (κ2) is 8.90. The van der Waals surface area contributed by atoms with Gasteiger partial charge in [0.2, 0.25) is 17.8 Å². The summed E-state index contributed by atoms with van der Waals surface area (Å²) in [7, 11) is 1.78. The van der Waals surface area contributed by atoms with Crippen LogP contribution in [0.4, 0.5) is 32.2 Å². The molecule has 5 rings (SSSR count). The van der Waals surface area contributed by atoms with Gasteiger partial charge in [0.05, 0.1) is 36.1 Å². The topological polar surface area (TPSA) is 106 Å². The lowest BCUT2D eigenvalue weighted by Gasteiger charge is -2.27. The van der Waals surface area contributed by atoms with Crippen LogP contribution >= 0.6 is 0 Å². The number of benzene rings is 1. The Bertz CT molecular complexity index is 1260. The third kappa shape index (κ3) is 4.24. The summed E-state index contributed by atoms with van der Waals surface area (Å²) in [4.78, 5) is 23.8. The SMILES string of the molecule is CNc1ccc(Nc2nc(N3CCOCC3)nc(-n3c(C(F)F)nc4ccccc43)n2)cn1. The molecule has 4 aromatic rings. The lowest BCUT2D eigenvalue weighted by Crippen LogP contribution is -2.37. The number of anilines is 4. The maximum absolute atomic E-state index is 13.9. The molecule has 0 unspecified atom stereocenters. The summed E-state index contributed by atoms with van der Waals surface area (Å²) < 4.78 is 34.5. The molecular weight excluding hydrogens is 432 g/mol. The van der Waals surface area contributed by atoms with Gasteiger partial charge in [-0.2, -0.15) is 15.0 Å². The Kier molecular flexibility index (Phi) is 5.65. The van der Waals surface area contributed by atoms with E-state index in [2.05, 4.69) is 35.6 Å². The molecule has 0 bridgehead atoms. The number of morpholine rings is 1. The molecule has 4 heterocycles. The van der Waals surface area contributed by atoms with Crippen LogP contribution in [0, 0.1) is 0 Å². The normalized spacial score (nSPS) is 14.1. The first-order chi connectivity index (χ1) is 16.1. The molecule has 1 saturated heterocycles. The third-order valence-electron chi connectivity index (χ3n) is 5.16. The first-order valence-electron chi connectivity index (χ1n) is 10.4. The van der Waals surface area contributed by atoms with E-state index in [1.165, 1.54) is 4.57 Å². The highest BCUT2D eigenvalue weighted by molar-refractivity contribution is 5.77. The van der Waals surface area contributed by atoms with Gasteiger partial charge in [-0.1, -0.05) is 12.1 Å². The number of hydrogen-bond acceptors (Lipinski definition) is 9. The van der Waals surface area contributed by atoms with Crippen LogP contribution in [0.2, 0.25) is 0 Å². The largest absolute Gasteiger partial charge is 0.378 e. The summed E-state index contributed by atoms with van der Waals surface area (Å²) in [6, 6.07) is 10.5.